The molecule has 1 aliphatic rings. The number of nitrogens with one attached hydrogen (secondary N) is 1. The highest BCUT2D eigenvalue weighted by Gasteiger charge is 2.22. The third-order valence-electron chi connectivity index (χ3n) is 3.80. The van der Waals surface area contributed by atoms with Gasteiger partial charge in [0.2, 0.25) is 0 Å². The lowest BCUT2D eigenvalue weighted by atomic mass is 10.1. The minimum Gasteiger partial charge on any atom is -0.354 e. The van der Waals surface area contributed by atoms with Crippen LogP contribution in [0.5, 0.6) is 0 Å². The van der Waals surface area contributed by atoms with Crippen molar-refractivity contribution >= 4 is 5.82 Å². The van der Waals surface area contributed by atoms with Crippen LogP contribution in [-0.4, -0.2) is 23.6 Å². The van der Waals surface area contributed by atoms with E-state index in [1.165, 1.54) is 19.0 Å². The smallest absolute Gasteiger partial charge is 0.141 e. The Morgan fingerprint density at radius 2 is 2.21 bits per heavy atom. The number of pyridine rings is 1. The maximum atomic E-state index is 13.4. The van der Waals surface area contributed by atoms with Crippen molar-refractivity contribution in [3.05, 3.63) is 23.6 Å². The lowest BCUT2D eigenvalue weighted by molar-refractivity contribution is 0.592. The second-order valence-corrected chi connectivity index (χ2v) is 5.33. The van der Waals surface area contributed by atoms with Crippen molar-refractivity contribution in [2.24, 2.45) is 0 Å². The normalized spacial score (nSPS) is 16.4. The predicted molar refractivity (Wildman–Crippen MR) is 76.8 cm³/mol. The van der Waals surface area contributed by atoms with Crippen LogP contribution < -0.4 is 10.2 Å². The Morgan fingerprint density at radius 3 is 2.79 bits per heavy atom. The zero-order valence-corrected chi connectivity index (χ0v) is 12.1. The summed E-state index contributed by atoms with van der Waals surface area (Å²) >= 11 is 0. The van der Waals surface area contributed by atoms with Gasteiger partial charge in [0.25, 0.3) is 0 Å². The molecule has 2 rings (SSSR count). The molecular weight excluding hydrogens is 241 g/mol. The fourth-order valence-electron chi connectivity index (χ4n) is 2.30. The van der Waals surface area contributed by atoms with E-state index < -0.39 is 0 Å². The SMILES string of the molecule is CCC(C)N(CC)c1ncc(F)cc1CNC1CC1. The fraction of sp³-hybridized carbons (Fsp3) is 0.667. The second kappa shape index (κ2) is 6.33. The van der Waals surface area contributed by atoms with Gasteiger partial charge in [0.15, 0.2) is 0 Å². The van der Waals surface area contributed by atoms with E-state index in [2.05, 4.69) is 36.0 Å². The van der Waals surface area contributed by atoms with E-state index in [9.17, 15) is 4.39 Å². The van der Waals surface area contributed by atoms with E-state index in [0.29, 0.717) is 18.6 Å². The van der Waals surface area contributed by atoms with Crippen molar-refractivity contribution < 1.29 is 4.39 Å². The number of hydrogen-bond acceptors (Lipinski definition) is 3. The standard InChI is InChI=1S/C15H24FN3/c1-4-11(3)19(5-2)15-12(8-13(16)10-18-15)9-17-14-6-7-14/h8,10-11,14,17H,4-7,9H2,1-3H3. The molecule has 0 radical (unpaired) electrons. The second-order valence-electron chi connectivity index (χ2n) is 5.33. The molecule has 0 bridgehead atoms. The Bertz CT molecular complexity index is 418. The Hall–Kier alpha value is -1.16. The molecule has 1 aromatic heterocycles. The van der Waals surface area contributed by atoms with Crippen LogP contribution in [0.3, 0.4) is 0 Å². The molecule has 19 heavy (non-hydrogen) atoms. The Kier molecular flexibility index (Phi) is 4.75. The fourth-order valence-corrected chi connectivity index (χ4v) is 2.30. The van der Waals surface area contributed by atoms with Gasteiger partial charge in [-0.3, -0.25) is 0 Å². The van der Waals surface area contributed by atoms with Gasteiger partial charge in [-0.2, -0.15) is 0 Å². The largest absolute Gasteiger partial charge is 0.354 e. The minimum absolute atomic E-state index is 0.253. The molecule has 1 saturated carbocycles. The summed E-state index contributed by atoms with van der Waals surface area (Å²) < 4.78 is 13.4. The lowest BCUT2D eigenvalue weighted by Gasteiger charge is -2.30. The topological polar surface area (TPSA) is 28.2 Å². The summed E-state index contributed by atoms with van der Waals surface area (Å²) in [6.45, 7) is 8.07. The van der Waals surface area contributed by atoms with E-state index in [1.807, 2.05) is 0 Å². The number of nitrogens with zero attached hydrogens (tertiary/aromatic N) is 2. The maximum absolute atomic E-state index is 13.4. The van der Waals surface area contributed by atoms with E-state index in [4.69, 9.17) is 0 Å². The van der Waals surface area contributed by atoms with Crippen LogP contribution in [0, 0.1) is 5.82 Å². The quantitative estimate of drug-likeness (QED) is 0.821. The number of halogens is 1. The van der Waals surface area contributed by atoms with Crippen LogP contribution in [-0.2, 0) is 6.54 Å². The van der Waals surface area contributed by atoms with Crippen LogP contribution in [0.1, 0.15) is 45.6 Å². The molecule has 0 saturated heterocycles. The highest BCUT2D eigenvalue weighted by atomic mass is 19.1. The number of hydrogen-bond donors (Lipinski definition) is 1. The molecule has 1 aromatic rings. The number of aromatic nitrogens is 1. The molecular formula is C15H24FN3. The third kappa shape index (κ3) is 3.66. The third-order valence-corrected chi connectivity index (χ3v) is 3.80. The summed E-state index contributed by atoms with van der Waals surface area (Å²) in [5, 5.41) is 3.44. The molecule has 1 aliphatic carbocycles. The van der Waals surface area contributed by atoms with Crippen molar-refractivity contribution in [2.75, 3.05) is 11.4 Å². The first-order valence-electron chi connectivity index (χ1n) is 7.30. The van der Waals surface area contributed by atoms with Gasteiger partial charge in [0.1, 0.15) is 11.6 Å². The summed E-state index contributed by atoms with van der Waals surface area (Å²) in [7, 11) is 0. The highest BCUT2D eigenvalue weighted by molar-refractivity contribution is 5.47. The summed E-state index contributed by atoms with van der Waals surface area (Å²) in [5.74, 6) is 0.669. The van der Waals surface area contributed by atoms with Crippen molar-refractivity contribution in [3.63, 3.8) is 0 Å². The summed E-state index contributed by atoms with van der Waals surface area (Å²) in [4.78, 5) is 6.58. The first-order chi connectivity index (χ1) is 9.15. The van der Waals surface area contributed by atoms with Gasteiger partial charge < -0.3 is 10.2 Å². The van der Waals surface area contributed by atoms with Gasteiger partial charge in [-0.15, -0.1) is 0 Å². The first-order valence-corrected chi connectivity index (χ1v) is 7.30. The van der Waals surface area contributed by atoms with E-state index in [1.54, 1.807) is 6.07 Å². The Labute approximate surface area is 115 Å². The van der Waals surface area contributed by atoms with Crippen LogP contribution >= 0.6 is 0 Å². The van der Waals surface area contributed by atoms with Crippen molar-refractivity contribution in [2.45, 2.75) is 58.7 Å². The van der Waals surface area contributed by atoms with Crippen molar-refractivity contribution in [1.82, 2.24) is 10.3 Å². The number of rotatable bonds is 7. The van der Waals surface area contributed by atoms with Crippen LogP contribution in [0.4, 0.5) is 10.2 Å². The molecule has 1 heterocycles. The maximum Gasteiger partial charge on any atom is 0.141 e. The molecule has 1 N–H and O–H groups in total. The van der Waals surface area contributed by atoms with Crippen molar-refractivity contribution in [3.8, 4) is 0 Å². The zero-order valence-electron chi connectivity index (χ0n) is 12.1. The zero-order chi connectivity index (χ0) is 13.8. The van der Waals surface area contributed by atoms with Gasteiger partial charge in [0.05, 0.1) is 6.20 Å². The number of anilines is 1. The molecule has 0 aromatic carbocycles. The summed E-state index contributed by atoms with van der Waals surface area (Å²) in [6.07, 6.45) is 4.85. The lowest BCUT2D eigenvalue weighted by Crippen LogP contribution is -2.34. The van der Waals surface area contributed by atoms with E-state index in [0.717, 1.165) is 24.3 Å². The highest BCUT2D eigenvalue weighted by Crippen LogP contribution is 2.24. The minimum atomic E-state index is -0.253. The molecule has 3 nitrogen and oxygen atoms in total. The molecule has 0 amide bonds. The van der Waals surface area contributed by atoms with Gasteiger partial charge in [-0.1, -0.05) is 6.92 Å². The van der Waals surface area contributed by atoms with Gasteiger partial charge in [-0.25, -0.2) is 9.37 Å². The molecule has 0 spiro atoms. The van der Waals surface area contributed by atoms with Crippen LogP contribution in [0.2, 0.25) is 0 Å². The molecule has 1 fully saturated rings. The van der Waals surface area contributed by atoms with Crippen LogP contribution in [0.15, 0.2) is 12.3 Å². The van der Waals surface area contributed by atoms with Gasteiger partial charge in [-0.05, 0) is 39.2 Å². The van der Waals surface area contributed by atoms with E-state index in [-0.39, 0.29) is 5.82 Å². The first kappa shape index (κ1) is 14.3. The molecule has 0 aliphatic heterocycles. The van der Waals surface area contributed by atoms with Gasteiger partial charge >= 0.3 is 0 Å². The van der Waals surface area contributed by atoms with Gasteiger partial charge in [0, 0.05) is 30.7 Å². The average Bonchev–Trinajstić information content (AvgIpc) is 3.23. The monoisotopic (exact) mass is 265 g/mol. The van der Waals surface area contributed by atoms with Crippen molar-refractivity contribution in [1.29, 1.82) is 0 Å². The molecule has 1 unspecified atom stereocenters. The summed E-state index contributed by atoms with van der Waals surface area (Å²) in [6, 6.07) is 2.65. The Morgan fingerprint density at radius 1 is 1.47 bits per heavy atom. The van der Waals surface area contributed by atoms with Crippen LogP contribution in [0.25, 0.3) is 0 Å². The molecule has 106 valence electrons. The average molecular weight is 265 g/mol. The Balaban J connectivity index is 2.20. The molecule has 1 atom stereocenters. The van der Waals surface area contributed by atoms with E-state index >= 15 is 0 Å². The molecule has 4 heteroatoms. The predicted octanol–water partition coefficient (Wildman–Crippen LogP) is 3.10. The summed E-state index contributed by atoms with van der Waals surface area (Å²) in [5.41, 5.74) is 0.967.